The van der Waals surface area contributed by atoms with Crippen LogP contribution in [0.4, 0.5) is 5.69 Å². The molecule has 7 heteroatoms. The molecule has 2 aromatic rings. The lowest BCUT2D eigenvalue weighted by molar-refractivity contribution is -0.146. The van der Waals surface area contributed by atoms with Crippen molar-refractivity contribution in [1.82, 2.24) is 4.90 Å². The maximum atomic E-state index is 13.7. The molecule has 5 aliphatic rings. The number of methoxy groups -OCH3 is 2. The van der Waals surface area contributed by atoms with Crippen molar-refractivity contribution < 1.29 is 23.9 Å². The zero-order valence-electron chi connectivity index (χ0n) is 19.7. The number of allylic oxidation sites excluding steroid dienone is 2. The zero-order valence-corrected chi connectivity index (χ0v) is 19.7. The minimum absolute atomic E-state index is 0.110. The Labute approximate surface area is 204 Å². The van der Waals surface area contributed by atoms with E-state index in [0.717, 1.165) is 12.0 Å². The fraction of sp³-hybridized carbons (Fsp3) is 0.393. The van der Waals surface area contributed by atoms with Crippen LogP contribution in [0.25, 0.3) is 0 Å². The average Bonchev–Trinajstić information content (AvgIpc) is 3.67. The third kappa shape index (κ3) is 3.44. The number of carbonyl (C=O) groups excluding carboxylic acids is 3. The van der Waals surface area contributed by atoms with E-state index in [4.69, 9.17) is 9.47 Å². The van der Waals surface area contributed by atoms with E-state index in [2.05, 4.69) is 17.5 Å². The largest absolute Gasteiger partial charge is 0.497 e. The molecule has 7 rings (SSSR count). The van der Waals surface area contributed by atoms with Crippen LogP contribution < -0.4 is 14.8 Å². The SMILES string of the molecule is COc1ccc(NC(=O)[C@H](Cc2ccccc2)N2C(=O)[C@H]3[C@@H]4C=C[C@H]([C@H]5C[C@H]45)[C@@H]3C2=O)c(OC)c1. The third-order valence-electron chi connectivity index (χ3n) is 8.25. The van der Waals surface area contributed by atoms with Crippen LogP contribution in [0.5, 0.6) is 11.5 Å². The van der Waals surface area contributed by atoms with E-state index < -0.39 is 11.9 Å². The maximum Gasteiger partial charge on any atom is 0.248 e. The highest BCUT2D eigenvalue weighted by molar-refractivity contribution is 6.11. The number of nitrogens with zero attached hydrogens (tertiary/aromatic N) is 1. The normalized spacial score (nSPS) is 30.5. The topological polar surface area (TPSA) is 84.9 Å². The molecule has 0 spiro atoms. The number of ether oxygens (including phenoxy) is 2. The highest BCUT2D eigenvalue weighted by Gasteiger charge is 2.67. The van der Waals surface area contributed by atoms with Gasteiger partial charge in [0.25, 0.3) is 0 Å². The van der Waals surface area contributed by atoms with Gasteiger partial charge in [-0.1, -0.05) is 42.5 Å². The molecular formula is C28H28N2O5. The Hall–Kier alpha value is -3.61. The molecule has 3 fully saturated rings. The van der Waals surface area contributed by atoms with E-state index in [-0.39, 0.29) is 41.9 Å². The quantitative estimate of drug-likeness (QED) is 0.494. The molecule has 2 bridgehead atoms. The molecule has 2 saturated carbocycles. The lowest BCUT2D eigenvalue weighted by Crippen LogP contribution is -2.49. The van der Waals surface area contributed by atoms with Crippen LogP contribution in [0.1, 0.15) is 12.0 Å². The molecule has 1 heterocycles. The van der Waals surface area contributed by atoms with Crippen LogP contribution in [0, 0.1) is 35.5 Å². The van der Waals surface area contributed by atoms with Crippen molar-refractivity contribution in [1.29, 1.82) is 0 Å². The van der Waals surface area contributed by atoms with E-state index >= 15 is 0 Å². The molecule has 3 amide bonds. The molecule has 0 unspecified atom stereocenters. The number of rotatable bonds is 7. The molecule has 35 heavy (non-hydrogen) atoms. The number of anilines is 1. The molecule has 7 atom stereocenters. The number of hydrogen-bond acceptors (Lipinski definition) is 5. The molecule has 7 nitrogen and oxygen atoms in total. The molecule has 1 saturated heterocycles. The smallest absolute Gasteiger partial charge is 0.248 e. The number of benzene rings is 2. The average molecular weight is 473 g/mol. The fourth-order valence-electron chi connectivity index (χ4n) is 6.54. The zero-order chi connectivity index (χ0) is 24.3. The van der Waals surface area contributed by atoms with Gasteiger partial charge in [0.15, 0.2) is 0 Å². The van der Waals surface area contributed by atoms with Gasteiger partial charge in [0.1, 0.15) is 17.5 Å². The van der Waals surface area contributed by atoms with Crippen LogP contribution in [0.15, 0.2) is 60.7 Å². The van der Waals surface area contributed by atoms with E-state index in [1.807, 2.05) is 30.3 Å². The number of likely N-dealkylation sites (tertiary alicyclic amines) is 1. The Kier molecular flexibility index (Phi) is 5.16. The van der Waals surface area contributed by atoms with Crippen molar-refractivity contribution in [2.24, 2.45) is 35.5 Å². The third-order valence-corrected chi connectivity index (χ3v) is 8.25. The van der Waals surface area contributed by atoms with Crippen LogP contribution in [0.3, 0.4) is 0 Å². The Morgan fingerprint density at radius 1 is 0.971 bits per heavy atom. The minimum Gasteiger partial charge on any atom is -0.497 e. The van der Waals surface area contributed by atoms with E-state index in [1.54, 1.807) is 25.3 Å². The second kappa shape index (κ2) is 8.26. The number of imide groups is 1. The standard InChI is InChI=1S/C28H28N2O5/c1-34-16-8-11-21(23(13-16)35-2)29-26(31)22(12-15-6-4-3-5-7-15)30-27(32)24-17-9-10-18(20-14-19(17)20)25(24)28(30)33/h3-11,13,17-20,22,24-25H,12,14H2,1-2H3,(H,29,31)/t17-,18-,19-,20-,22+,24+,25+/m1/s1. The highest BCUT2D eigenvalue weighted by Crippen LogP contribution is 2.65. The van der Waals surface area contributed by atoms with Crippen molar-refractivity contribution in [3.8, 4) is 11.5 Å². The van der Waals surface area contributed by atoms with Crippen LogP contribution in [0.2, 0.25) is 0 Å². The second-order valence-electron chi connectivity index (χ2n) is 9.96. The summed E-state index contributed by atoms with van der Waals surface area (Å²) in [5.41, 5.74) is 1.34. The first kappa shape index (κ1) is 21.9. The number of carbonyl (C=O) groups is 3. The summed E-state index contributed by atoms with van der Waals surface area (Å²) in [6.07, 6.45) is 5.63. The van der Waals surface area contributed by atoms with Crippen molar-refractivity contribution in [2.45, 2.75) is 18.9 Å². The summed E-state index contributed by atoms with van der Waals surface area (Å²) in [6, 6.07) is 13.6. The fourth-order valence-corrected chi connectivity index (χ4v) is 6.54. The van der Waals surface area contributed by atoms with Gasteiger partial charge in [-0.25, -0.2) is 0 Å². The van der Waals surface area contributed by atoms with Crippen molar-refractivity contribution in [2.75, 3.05) is 19.5 Å². The second-order valence-corrected chi connectivity index (χ2v) is 9.96. The molecular weight excluding hydrogens is 444 g/mol. The van der Waals surface area contributed by atoms with Crippen molar-refractivity contribution in [3.05, 3.63) is 66.2 Å². The van der Waals surface area contributed by atoms with Gasteiger partial charge in [-0.15, -0.1) is 0 Å². The summed E-state index contributed by atoms with van der Waals surface area (Å²) < 4.78 is 10.7. The Morgan fingerprint density at radius 3 is 2.23 bits per heavy atom. The first-order valence-electron chi connectivity index (χ1n) is 12.1. The van der Waals surface area contributed by atoms with Crippen LogP contribution in [-0.4, -0.2) is 42.9 Å². The number of amides is 3. The lowest BCUT2D eigenvalue weighted by Gasteiger charge is -2.37. The summed E-state index contributed by atoms with van der Waals surface area (Å²) >= 11 is 0. The molecule has 2 aromatic carbocycles. The van der Waals surface area contributed by atoms with Crippen LogP contribution in [-0.2, 0) is 20.8 Å². The molecule has 4 aliphatic carbocycles. The van der Waals surface area contributed by atoms with Gasteiger partial charge in [-0.05, 0) is 47.8 Å². The monoisotopic (exact) mass is 472 g/mol. The summed E-state index contributed by atoms with van der Waals surface area (Å²) in [4.78, 5) is 42.5. The van der Waals surface area contributed by atoms with Gasteiger partial charge in [0, 0.05) is 12.5 Å². The predicted molar refractivity (Wildman–Crippen MR) is 129 cm³/mol. The summed E-state index contributed by atoms with van der Waals surface area (Å²) in [5, 5.41) is 2.91. The minimum atomic E-state index is -0.953. The Balaban J connectivity index is 1.33. The van der Waals surface area contributed by atoms with Gasteiger partial charge < -0.3 is 14.8 Å². The predicted octanol–water partition coefficient (Wildman–Crippen LogP) is 3.31. The van der Waals surface area contributed by atoms with Crippen molar-refractivity contribution in [3.63, 3.8) is 0 Å². The number of nitrogens with one attached hydrogen (secondary N) is 1. The summed E-state index contributed by atoms with van der Waals surface area (Å²) in [5.74, 6) is 0.749. The molecule has 0 aromatic heterocycles. The first-order chi connectivity index (χ1) is 17.0. The molecule has 1 aliphatic heterocycles. The molecule has 180 valence electrons. The van der Waals surface area contributed by atoms with Crippen molar-refractivity contribution >= 4 is 23.4 Å². The lowest BCUT2D eigenvalue weighted by atomic mass is 9.63. The number of hydrogen-bond donors (Lipinski definition) is 1. The van der Waals surface area contributed by atoms with Gasteiger partial charge in [0.2, 0.25) is 17.7 Å². The summed E-state index contributed by atoms with van der Waals surface area (Å²) in [6.45, 7) is 0. The summed E-state index contributed by atoms with van der Waals surface area (Å²) in [7, 11) is 3.07. The van der Waals surface area contributed by atoms with E-state index in [9.17, 15) is 14.4 Å². The van der Waals surface area contributed by atoms with Gasteiger partial charge in [0.05, 0.1) is 31.7 Å². The first-order valence-corrected chi connectivity index (χ1v) is 12.1. The Bertz CT molecular complexity index is 1190. The van der Waals surface area contributed by atoms with Gasteiger partial charge in [-0.2, -0.15) is 0 Å². The van der Waals surface area contributed by atoms with Gasteiger partial charge in [-0.3, -0.25) is 19.3 Å². The van der Waals surface area contributed by atoms with Crippen LogP contribution >= 0.6 is 0 Å². The Morgan fingerprint density at radius 2 is 1.63 bits per heavy atom. The maximum absolute atomic E-state index is 13.7. The molecule has 1 N–H and O–H groups in total. The highest BCUT2D eigenvalue weighted by atomic mass is 16.5. The molecule has 0 radical (unpaired) electrons. The van der Waals surface area contributed by atoms with Gasteiger partial charge >= 0.3 is 0 Å². The van der Waals surface area contributed by atoms with E-state index in [0.29, 0.717) is 29.0 Å². The van der Waals surface area contributed by atoms with E-state index in [1.165, 1.54) is 12.0 Å².